The van der Waals surface area contributed by atoms with Crippen molar-refractivity contribution in [3.05, 3.63) is 35.1 Å². The molecule has 0 spiro atoms. The summed E-state index contributed by atoms with van der Waals surface area (Å²) in [5.74, 6) is -0.614. The number of halogens is 1. The molecule has 1 aromatic carbocycles. The van der Waals surface area contributed by atoms with Crippen molar-refractivity contribution in [3.8, 4) is 6.07 Å². The lowest BCUT2D eigenvalue weighted by Gasteiger charge is -2.03. The van der Waals surface area contributed by atoms with Crippen molar-refractivity contribution in [1.29, 1.82) is 5.26 Å². The molecule has 7 heteroatoms. The fourth-order valence-electron chi connectivity index (χ4n) is 1.25. The Labute approximate surface area is 108 Å². The van der Waals surface area contributed by atoms with Crippen LogP contribution in [0.25, 0.3) is 0 Å². The SMILES string of the molecule is CS(=O)(=O)CCS(=O)Cc1ccc(F)c(C#N)c1. The molecule has 0 aliphatic heterocycles. The van der Waals surface area contributed by atoms with E-state index in [9.17, 15) is 17.0 Å². The van der Waals surface area contributed by atoms with Crippen molar-refractivity contribution in [3.63, 3.8) is 0 Å². The second-order valence-electron chi connectivity index (χ2n) is 3.84. The summed E-state index contributed by atoms with van der Waals surface area (Å²) >= 11 is 0. The van der Waals surface area contributed by atoms with Gasteiger partial charge >= 0.3 is 0 Å². The number of rotatable bonds is 5. The summed E-state index contributed by atoms with van der Waals surface area (Å²) in [5, 5.41) is 8.64. The molecule has 98 valence electrons. The predicted molar refractivity (Wildman–Crippen MR) is 67.5 cm³/mol. The standard InChI is InChI=1S/C11H12FNO3S2/c1-18(15,16)5-4-17(14)8-9-2-3-11(12)10(6-9)7-13/h2-3,6H,4-5,8H2,1H3. The Morgan fingerprint density at radius 3 is 2.67 bits per heavy atom. The summed E-state index contributed by atoms with van der Waals surface area (Å²) in [6, 6.07) is 5.60. The number of nitrogens with zero attached hydrogens (tertiary/aromatic N) is 1. The zero-order valence-corrected chi connectivity index (χ0v) is 11.4. The van der Waals surface area contributed by atoms with Crippen molar-refractivity contribution in [2.24, 2.45) is 0 Å². The Balaban J connectivity index is 2.69. The van der Waals surface area contributed by atoms with E-state index in [0.717, 1.165) is 12.3 Å². The van der Waals surface area contributed by atoms with Gasteiger partial charge in [0.05, 0.1) is 11.3 Å². The first kappa shape index (κ1) is 14.8. The normalized spacial score (nSPS) is 12.9. The third kappa shape index (κ3) is 4.94. The van der Waals surface area contributed by atoms with E-state index < -0.39 is 26.5 Å². The van der Waals surface area contributed by atoms with E-state index in [2.05, 4.69) is 0 Å². The smallest absolute Gasteiger partial charge is 0.148 e. The van der Waals surface area contributed by atoms with Gasteiger partial charge in [-0.25, -0.2) is 12.8 Å². The molecule has 0 amide bonds. The maximum absolute atomic E-state index is 13.0. The van der Waals surface area contributed by atoms with Crippen LogP contribution in [0.4, 0.5) is 4.39 Å². The molecule has 18 heavy (non-hydrogen) atoms. The molecular formula is C11H12FNO3S2. The van der Waals surface area contributed by atoms with Crippen LogP contribution in [0.2, 0.25) is 0 Å². The lowest BCUT2D eigenvalue weighted by atomic mass is 10.1. The highest BCUT2D eigenvalue weighted by Gasteiger charge is 2.09. The average Bonchev–Trinajstić information content (AvgIpc) is 2.28. The van der Waals surface area contributed by atoms with Gasteiger partial charge in [-0.3, -0.25) is 4.21 Å². The Morgan fingerprint density at radius 2 is 2.11 bits per heavy atom. The van der Waals surface area contributed by atoms with E-state index in [-0.39, 0.29) is 22.8 Å². The van der Waals surface area contributed by atoms with Gasteiger partial charge in [-0.05, 0) is 17.7 Å². The molecule has 0 bridgehead atoms. The van der Waals surface area contributed by atoms with Gasteiger partial charge in [0.2, 0.25) is 0 Å². The van der Waals surface area contributed by atoms with E-state index in [1.165, 1.54) is 12.1 Å². The van der Waals surface area contributed by atoms with E-state index >= 15 is 0 Å². The van der Waals surface area contributed by atoms with Crippen molar-refractivity contribution >= 4 is 20.6 Å². The topological polar surface area (TPSA) is 75.0 Å². The maximum Gasteiger partial charge on any atom is 0.148 e. The Kier molecular flexibility index (Phi) is 4.99. The molecular weight excluding hydrogens is 277 g/mol. The lowest BCUT2D eigenvalue weighted by molar-refractivity contribution is 0.602. The molecule has 0 aromatic heterocycles. The predicted octanol–water partition coefficient (Wildman–Crippen LogP) is 0.991. The molecule has 0 aliphatic carbocycles. The molecule has 1 aromatic rings. The van der Waals surface area contributed by atoms with Crippen LogP contribution in [-0.2, 0) is 26.4 Å². The summed E-state index contributed by atoms with van der Waals surface area (Å²) in [5.41, 5.74) is 0.451. The number of sulfone groups is 1. The number of hydrogen-bond acceptors (Lipinski definition) is 4. The van der Waals surface area contributed by atoms with Crippen LogP contribution in [0.15, 0.2) is 18.2 Å². The Hall–Kier alpha value is -1.26. The van der Waals surface area contributed by atoms with Crippen LogP contribution in [0.5, 0.6) is 0 Å². The third-order valence-electron chi connectivity index (χ3n) is 2.16. The summed E-state index contributed by atoms with van der Waals surface area (Å²) in [6.45, 7) is 0. The van der Waals surface area contributed by atoms with Gasteiger partial charge in [-0.15, -0.1) is 0 Å². The van der Waals surface area contributed by atoms with Gasteiger partial charge < -0.3 is 0 Å². The van der Waals surface area contributed by atoms with Gasteiger partial charge in [0, 0.05) is 28.6 Å². The quantitative estimate of drug-likeness (QED) is 0.810. The van der Waals surface area contributed by atoms with Crippen molar-refractivity contribution in [2.75, 3.05) is 17.8 Å². The molecule has 1 unspecified atom stereocenters. The summed E-state index contributed by atoms with van der Waals surface area (Å²) in [4.78, 5) is 0. The Bertz CT molecular complexity index is 605. The maximum atomic E-state index is 13.0. The second kappa shape index (κ2) is 6.07. The number of hydrogen-bond donors (Lipinski definition) is 0. The van der Waals surface area contributed by atoms with Crippen LogP contribution in [-0.4, -0.2) is 30.4 Å². The highest BCUT2D eigenvalue weighted by molar-refractivity contribution is 7.92. The van der Waals surface area contributed by atoms with Crippen LogP contribution >= 0.6 is 0 Å². The molecule has 0 aliphatic rings. The molecule has 0 saturated heterocycles. The van der Waals surface area contributed by atoms with E-state index in [1.807, 2.05) is 0 Å². The van der Waals surface area contributed by atoms with Gasteiger partial charge in [0.15, 0.2) is 0 Å². The summed E-state index contributed by atoms with van der Waals surface area (Å²) in [6.07, 6.45) is 1.08. The van der Waals surface area contributed by atoms with Crippen molar-refractivity contribution in [2.45, 2.75) is 5.75 Å². The lowest BCUT2D eigenvalue weighted by Crippen LogP contribution is -2.12. The minimum absolute atomic E-state index is 0.0398. The van der Waals surface area contributed by atoms with E-state index in [4.69, 9.17) is 5.26 Å². The van der Waals surface area contributed by atoms with Gasteiger partial charge in [0.1, 0.15) is 21.7 Å². The first-order chi connectivity index (χ1) is 8.31. The van der Waals surface area contributed by atoms with Crippen LogP contribution in [0.1, 0.15) is 11.1 Å². The second-order valence-corrected chi connectivity index (χ2v) is 7.68. The van der Waals surface area contributed by atoms with Gasteiger partial charge in [-0.1, -0.05) is 6.07 Å². The minimum atomic E-state index is -3.14. The molecule has 0 radical (unpaired) electrons. The van der Waals surface area contributed by atoms with Crippen molar-refractivity contribution in [1.82, 2.24) is 0 Å². The van der Waals surface area contributed by atoms with Crippen LogP contribution < -0.4 is 0 Å². The van der Waals surface area contributed by atoms with Crippen LogP contribution in [0, 0.1) is 17.1 Å². The highest BCUT2D eigenvalue weighted by atomic mass is 32.2. The molecule has 0 heterocycles. The first-order valence-corrected chi connectivity index (χ1v) is 8.58. The molecule has 0 N–H and O–H groups in total. The third-order valence-corrected chi connectivity index (χ3v) is 4.68. The van der Waals surface area contributed by atoms with E-state index in [0.29, 0.717) is 5.56 Å². The first-order valence-electron chi connectivity index (χ1n) is 5.03. The molecule has 0 fully saturated rings. The number of benzene rings is 1. The molecule has 4 nitrogen and oxygen atoms in total. The highest BCUT2D eigenvalue weighted by Crippen LogP contribution is 2.11. The fourth-order valence-corrected chi connectivity index (χ4v) is 3.90. The molecule has 0 saturated carbocycles. The zero-order valence-electron chi connectivity index (χ0n) is 9.72. The minimum Gasteiger partial charge on any atom is -0.259 e. The van der Waals surface area contributed by atoms with Crippen LogP contribution in [0.3, 0.4) is 0 Å². The molecule has 1 atom stereocenters. The van der Waals surface area contributed by atoms with E-state index in [1.54, 1.807) is 6.07 Å². The zero-order chi connectivity index (χ0) is 13.8. The van der Waals surface area contributed by atoms with Gasteiger partial charge in [-0.2, -0.15) is 5.26 Å². The molecule has 1 rings (SSSR count). The monoisotopic (exact) mass is 289 g/mol. The van der Waals surface area contributed by atoms with Crippen molar-refractivity contribution < 1.29 is 17.0 Å². The van der Waals surface area contributed by atoms with Gasteiger partial charge in [0.25, 0.3) is 0 Å². The fraction of sp³-hybridized carbons (Fsp3) is 0.364. The Morgan fingerprint density at radius 1 is 1.44 bits per heavy atom. The largest absolute Gasteiger partial charge is 0.259 e. The average molecular weight is 289 g/mol. The number of nitriles is 1. The summed E-state index contributed by atoms with van der Waals surface area (Å²) in [7, 11) is -4.48. The summed E-state index contributed by atoms with van der Waals surface area (Å²) < 4.78 is 46.5.